The number of anilines is 2. The van der Waals surface area contributed by atoms with Crippen molar-refractivity contribution in [2.45, 2.75) is 53.5 Å². The van der Waals surface area contributed by atoms with Gasteiger partial charge in [0.1, 0.15) is 37.5 Å². The zero-order valence-corrected chi connectivity index (χ0v) is 37.3. The lowest BCUT2D eigenvalue weighted by Crippen LogP contribution is -2.39. The van der Waals surface area contributed by atoms with Crippen LogP contribution in [0.1, 0.15) is 44.6 Å². The van der Waals surface area contributed by atoms with Crippen molar-refractivity contribution in [2.24, 2.45) is 10.4 Å². The number of benzene rings is 2. The standard InChI is InChI=1S/C18H17FN4O2S.C14H20ClNO2.C3H8NO5P.C3H9S/c1-4-5-22-13-7-12(11(19)6-14(13)25-9-16(22)24)20-17-23-10-18(2,3)8-15(23)21-26-17;1-4-11-7-6-8-12(5-2)14(11)16(10-18-3)13(17)9-15;5-3(6)1-4-2-10(7,8)9;1-4(2)3/h1,6-7H,5,8-10H2,2-3H3;6-8H,4-5,9-10H2,1-3H3;4H,1-2H2,(H,5,6)(H2,7,8,9);1-3H3/q;;;+1/p-1/b20-17-;;;. The van der Waals surface area contributed by atoms with E-state index in [0.29, 0.717) is 27.1 Å². The van der Waals surface area contributed by atoms with E-state index < -0.39 is 32.2 Å². The zero-order chi connectivity index (χ0) is 43.8. The number of carboxylic acid groups (broad SMARTS) is 1. The summed E-state index contributed by atoms with van der Waals surface area (Å²) in [5.74, 6) is 1.58. The van der Waals surface area contributed by atoms with Gasteiger partial charge >= 0.3 is 5.97 Å². The number of fused-ring (bicyclic) bond motifs is 2. The Morgan fingerprint density at radius 3 is 2.40 bits per heavy atom. The number of nitrogens with one attached hydrogen (secondary N) is 1. The lowest BCUT2D eigenvalue weighted by molar-refractivity contribution is -0.193. The number of amides is 2. The summed E-state index contributed by atoms with van der Waals surface area (Å²) in [5.41, 5.74) is 3.92. The van der Waals surface area contributed by atoms with Crippen LogP contribution in [0.15, 0.2) is 35.3 Å². The topological polar surface area (TPSA) is 199 Å². The van der Waals surface area contributed by atoms with E-state index in [4.69, 9.17) is 37.5 Å². The Labute approximate surface area is 351 Å². The summed E-state index contributed by atoms with van der Waals surface area (Å²) in [6, 6.07) is 8.86. The maximum absolute atomic E-state index is 14.5. The number of carboxylic acids is 1. The van der Waals surface area contributed by atoms with Gasteiger partial charge in [0, 0.05) is 37.7 Å². The molecule has 0 bridgehead atoms. The number of alkyl halides is 1. The van der Waals surface area contributed by atoms with E-state index in [0.717, 1.165) is 48.4 Å². The molecule has 3 aromatic rings. The maximum atomic E-state index is 14.5. The molecule has 0 saturated heterocycles. The number of halogens is 2. The van der Waals surface area contributed by atoms with E-state index in [1.165, 1.54) is 28.6 Å². The van der Waals surface area contributed by atoms with Crippen LogP contribution in [-0.2, 0) is 60.4 Å². The molecule has 1 unspecified atom stereocenters. The summed E-state index contributed by atoms with van der Waals surface area (Å²) in [6.45, 7) is 8.96. The van der Waals surface area contributed by atoms with Crippen molar-refractivity contribution in [3.63, 3.8) is 0 Å². The molecular formula is C38H53ClFN6O9PS2. The molecule has 0 fully saturated rings. The molecular weight excluding hydrogens is 834 g/mol. The molecule has 3 N–H and O–H groups in total. The Bertz CT molecular complexity index is 2010. The molecule has 1 atom stereocenters. The third-order valence-corrected chi connectivity index (χ3v) is 9.56. The van der Waals surface area contributed by atoms with Gasteiger partial charge in [-0.1, -0.05) is 51.8 Å². The monoisotopic (exact) mass is 886 g/mol. The van der Waals surface area contributed by atoms with Crippen molar-refractivity contribution in [2.75, 3.05) is 74.3 Å². The molecule has 58 heavy (non-hydrogen) atoms. The van der Waals surface area contributed by atoms with Crippen LogP contribution in [0.25, 0.3) is 0 Å². The van der Waals surface area contributed by atoms with Crippen molar-refractivity contribution in [1.29, 1.82) is 0 Å². The minimum Gasteiger partial charge on any atom is -0.778 e. The molecule has 3 heterocycles. The molecule has 2 aromatic carbocycles. The van der Waals surface area contributed by atoms with Crippen LogP contribution in [0.3, 0.4) is 0 Å². The number of rotatable bonds is 12. The summed E-state index contributed by atoms with van der Waals surface area (Å²) in [4.78, 5) is 59.9. The van der Waals surface area contributed by atoms with Crippen molar-refractivity contribution in [3.05, 3.63) is 57.9 Å². The van der Waals surface area contributed by atoms with Crippen LogP contribution in [0, 0.1) is 23.6 Å². The smallest absolute Gasteiger partial charge is 0.317 e. The minimum atomic E-state index is -4.35. The Hall–Kier alpha value is -3.79. The molecule has 320 valence electrons. The highest BCUT2D eigenvalue weighted by Gasteiger charge is 2.31. The molecule has 0 saturated carbocycles. The van der Waals surface area contributed by atoms with E-state index in [-0.39, 0.29) is 48.7 Å². The number of methoxy groups -OCH3 is 1. The number of aromatic nitrogens is 2. The van der Waals surface area contributed by atoms with Gasteiger partial charge in [-0.25, -0.2) is 9.38 Å². The van der Waals surface area contributed by atoms with Crippen LogP contribution in [0.5, 0.6) is 5.75 Å². The Kier molecular flexibility index (Phi) is 20.6. The molecule has 2 aliphatic heterocycles. The third-order valence-electron chi connectivity index (χ3n) is 7.93. The summed E-state index contributed by atoms with van der Waals surface area (Å²) in [7, 11) is -2.13. The highest BCUT2D eigenvalue weighted by Crippen LogP contribution is 2.37. The van der Waals surface area contributed by atoms with Crippen molar-refractivity contribution < 1.29 is 47.7 Å². The SMILES string of the molecule is C#CCN1C(=O)COc2cc(F)c(/N=c3\snc4n3CC(C)(C)C4)cc21.CCc1cccc(CC)c1N(COC)C(=O)CCl.C[S+](C)C.O=C(O)CNCP(=O)([O-])O. The third kappa shape index (κ3) is 15.8. The zero-order valence-electron chi connectivity index (χ0n) is 34.0. The fraction of sp³-hybridized carbons (Fsp3) is 0.500. The first kappa shape index (κ1) is 50.4. The predicted octanol–water partition coefficient (Wildman–Crippen LogP) is 3.90. The Morgan fingerprint density at radius 1 is 1.26 bits per heavy atom. The van der Waals surface area contributed by atoms with E-state index in [1.54, 1.807) is 12.0 Å². The lowest BCUT2D eigenvalue weighted by Gasteiger charge is -2.28. The number of carbonyl (C=O) groups excluding carboxylic acids is 2. The Morgan fingerprint density at radius 2 is 1.88 bits per heavy atom. The fourth-order valence-electron chi connectivity index (χ4n) is 5.57. The highest BCUT2D eigenvalue weighted by atomic mass is 35.5. The molecule has 1 aromatic heterocycles. The number of carbonyl (C=O) groups is 3. The highest BCUT2D eigenvalue weighted by molar-refractivity contribution is 7.94. The number of aliphatic carboxylic acids is 1. The van der Waals surface area contributed by atoms with Crippen molar-refractivity contribution >= 4 is 76.5 Å². The van der Waals surface area contributed by atoms with Gasteiger partial charge in [-0.2, -0.15) is 4.37 Å². The number of para-hydroxylation sites is 1. The summed E-state index contributed by atoms with van der Waals surface area (Å²) >= 11 is 6.92. The molecule has 0 spiro atoms. The molecule has 0 aliphatic carbocycles. The number of ether oxygens (including phenoxy) is 2. The second-order valence-corrected chi connectivity index (χ2v) is 19.0. The first-order valence-corrected chi connectivity index (χ1v) is 23.4. The van der Waals surface area contributed by atoms with Crippen LogP contribution >= 0.6 is 30.7 Å². The molecule has 0 radical (unpaired) electrons. The second-order valence-electron chi connectivity index (χ2n) is 14.0. The van der Waals surface area contributed by atoms with Crippen molar-refractivity contribution in [3.8, 4) is 18.1 Å². The predicted molar refractivity (Wildman–Crippen MR) is 227 cm³/mol. The van der Waals surface area contributed by atoms with Gasteiger partial charge < -0.3 is 33.5 Å². The minimum absolute atomic E-state index is 0.0371. The maximum Gasteiger partial charge on any atom is 0.317 e. The Balaban J connectivity index is 0.000000315. The normalized spacial score (nSPS) is 14.9. The quantitative estimate of drug-likeness (QED) is 0.0784. The first-order valence-electron chi connectivity index (χ1n) is 17.9. The van der Waals surface area contributed by atoms with Crippen molar-refractivity contribution in [1.82, 2.24) is 14.3 Å². The molecule has 15 nitrogen and oxygen atoms in total. The summed E-state index contributed by atoms with van der Waals surface area (Å²) in [6.07, 6.45) is 13.8. The lowest BCUT2D eigenvalue weighted by atomic mass is 9.92. The number of aryl methyl sites for hydroxylation is 2. The van der Waals surface area contributed by atoms with Gasteiger partial charge in [0.15, 0.2) is 12.4 Å². The first-order chi connectivity index (χ1) is 27.2. The van der Waals surface area contributed by atoms with Gasteiger partial charge in [-0.15, -0.1) is 18.0 Å². The van der Waals surface area contributed by atoms with Gasteiger partial charge in [0.05, 0.1) is 49.5 Å². The number of hydrogen-bond acceptors (Lipinski definition) is 11. The number of nitrogens with zero attached hydrogens (tertiary/aromatic N) is 5. The van der Waals surface area contributed by atoms with Gasteiger partial charge in [-0.3, -0.25) is 29.5 Å². The van der Waals surface area contributed by atoms with E-state index in [2.05, 4.69) is 61.7 Å². The van der Waals surface area contributed by atoms with Crippen LogP contribution in [-0.4, -0.2) is 101 Å². The van der Waals surface area contributed by atoms with Crippen LogP contribution in [0.4, 0.5) is 21.5 Å². The van der Waals surface area contributed by atoms with Gasteiger partial charge in [0.2, 0.25) is 10.7 Å². The number of hydrogen-bond donors (Lipinski definition) is 3. The average molecular weight is 887 g/mol. The van der Waals surface area contributed by atoms with Crippen LogP contribution in [0.2, 0.25) is 0 Å². The van der Waals surface area contributed by atoms with Gasteiger partial charge in [0.25, 0.3) is 5.91 Å². The average Bonchev–Trinajstić information content (AvgIpc) is 3.65. The largest absolute Gasteiger partial charge is 0.778 e. The summed E-state index contributed by atoms with van der Waals surface area (Å²) in [5, 5.41) is 9.97. The molecule has 5 rings (SSSR count). The van der Waals surface area contributed by atoms with E-state index in [1.807, 2.05) is 28.1 Å². The summed E-state index contributed by atoms with van der Waals surface area (Å²) < 4.78 is 41.4. The molecule has 20 heteroatoms. The van der Waals surface area contributed by atoms with Crippen LogP contribution < -0.4 is 29.5 Å². The fourth-order valence-corrected chi connectivity index (χ4v) is 6.87. The molecule has 2 amide bonds. The van der Waals surface area contributed by atoms with E-state index >= 15 is 0 Å². The second kappa shape index (κ2) is 23.7. The van der Waals surface area contributed by atoms with Gasteiger partial charge in [-0.05, 0) is 46.3 Å². The number of terminal acetylenes is 1. The molecule has 2 aliphatic rings. The van der Waals surface area contributed by atoms with E-state index in [9.17, 15) is 28.2 Å².